The van der Waals surface area contributed by atoms with Crippen LogP contribution in [-0.4, -0.2) is 36.1 Å². The van der Waals surface area contributed by atoms with Crippen molar-refractivity contribution in [3.8, 4) is 0 Å². The molecule has 0 amide bonds. The molecule has 0 aliphatic rings. The molecule has 3 heteroatoms. The Labute approximate surface area is 81.7 Å². The summed E-state index contributed by atoms with van der Waals surface area (Å²) in [4.78, 5) is 0. The number of ether oxygens (including phenoxy) is 1. The van der Waals surface area contributed by atoms with E-state index in [1.807, 2.05) is 27.7 Å². The van der Waals surface area contributed by atoms with Crippen molar-refractivity contribution < 1.29 is 14.9 Å². The fraction of sp³-hybridized carbons (Fsp3) is 1.00. The van der Waals surface area contributed by atoms with Crippen LogP contribution in [0.25, 0.3) is 0 Å². The van der Waals surface area contributed by atoms with Crippen molar-refractivity contribution in [3.63, 3.8) is 0 Å². The third-order valence-electron chi connectivity index (χ3n) is 1.63. The van der Waals surface area contributed by atoms with Crippen molar-refractivity contribution in [2.24, 2.45) is 5.92 Å². The predicted molar refractivity (Wildman–Crippen MR) is 54.7 cm³/mol. The van der Waals surface area contributed by atoms with Crippen molar-refractivity contribution in [1.29, 1.82) is 0 Å². The molecule has 0 radical (unpaired) electrons. The van der Waals surface area contributed by atoms with E-state index in [-0.39, 0.29) is 12.2 Å². The lowest BCUT2D eigenvalue weighted by molar-refractivity contribution is 0.00293. The second-order valence-corrected chi connectivity index (χ2v) is 4.01. The SMILES string of the molecule is CC(C)CO.COC(C)(C)CCO. The van der Waals surface area contributed by atoms with Crippen LogP contribution in [0.1, 0.15) is 34.1 Å². The Balaban J connectivity index is 0. The molecule has 0 aromatic carbocycles. The number of hydrogen-bond acceptors (Lipinski definition) is 3. The van der Waals surface area contributed by atoms with Crippen LogP contribution in [0.4, 0.5) is 0 Å². The van der Waals surface area contributed by atoms with E-state index in [1.165, 1.54) is 0 Å². The molecule has 0 saturated carbocycles. The van der Waals surface area contributed by atoms with E-state index >= 15 is 0 Å². The lowest BCUT2D eigenvalue weighted by Gasteiger charge is -2.20. The Kier molecular flexibility index (Phi) is 10.0. The summed E-state index contributed by atoms with van der Waals surface area (Å²) in [6.07, 6.45) is 0.698. The molecule has 82 valence electrons. The standard InChI is InChI=1S/C6H14O2.C4H10O/c1-6(2,8-3)4-5-7;1-4(2)3-5/h7H,4-5H2,1-3H3;4-5H,3H2,1-2H3. The van der Waals surface area contributed by atoms with Crippen LogP contribution in [0.5, 0.6) is 0 Å². The van der Waals surface area contributed by atoms with Crippen LogP contribution in [0, 0.1) is 5.92 Å². The maximum absolute atomic E-state index is 8.45. The molecular weight excluding hydrogens is 168 g/mol. The van der Waals surface area contributed by atoms with Crippen molar-refractivity contribution in [3.05, 3.63) is 0 Å². The summed E-state index contributed by atoms with van der Waals surface area (Å²) in [5, 5.41) is 16.6. The maximum atomic E-state index is 8.45. The molecule has 0 heterocycles. The number of aliphatic hydroxyl groups excluding tert-OH is 2. The van der Waals surface area contributed by atoms with Gasteiger partial charge in [-0.05, 0) is 26.2 Å². The second kappa shape index (κ2) is 8.48. The van der Waals surface area contributed by atoms with Crippen LogP contribution in [-0.2, 0) is 4.74 Å². The van der Waals surface area contributed by atoms with Gasteiger partial charge in [-0.1, -0.05) is 13.8 Å². The van der Waals surface area contributed by atoms with Crippen molar-refractivity contribution in [2.45, 2.75) is 39.7 Å². The Morgan fingerprint density at radius 1 is 1.23 bits per heavy atom. The van der Waals surface area contributed by atoms with E-state index < -0.39 is 0 Å². The molecular formula is C10H24O3. The van der Waals surface area contributed by atoms with Gasteiger partial charge in [-0.2, -0.15) is 0 Å². The fourth-order valence-corrected chi connectivity index (χ4v) is 0.371. The van der Waals surface area contributed by atoms with Crippen LogP contribution >= 0.6 is 0 Å². The van der Waals surface area contributed by atoms with Gasteiger partial charge >= 0.3 is 0 Å². The van der Waals surface area contributed by atoms with Crippen LogP contribution in [0.15, 0.2) is 0 Å². The molecule has 0 aliphatic heterocycles. The quantitative estimate of drug-likeness (QED) is 0.708. The fourth-order valence-electron chi connectivity index (χ4n) is 0.371. The highest BCUT2D eigenvalue weighted by atomic mass is 16.5. The molecule has 0 aromatic rings. The van der Waals surface area contributed by atoms with E-state index in [4.69, 9.17) is 14.9 Å². The first-order valence-electron chi connectivity index (χ1n) is 4.66. The average molecular weight is 192 g/mol. The highest BCUT2D eigenvalue weighted by Gasteiger charge is 2.13. The van der Waals surface area contributed by atoms with Gasteiger partial charge in [0.25, 0.3) is 0 Å². The normalized spacial score (nSPS) is 11.1. The second-order valence-electron chi connectivity index (χ2n) is 4.01. The Morgan fingerprint density at radius 2 is 1.62 bits per heavy atom. The lowest BCUT2D eigenvalue weighted by Crippen LogP contribution is -2.23. The summed E-state index contributed by atoms with van der Waals surface area (Å²) in [6.45, 7) is 8.34. The minimum atomic E-state index is -0.158. The lowest BCUT2D eigenvalue weighted by atomic mass is 10.1. The van der Waals surface area contributed by atoms with Gasteiger partial charge in [0.1, 0.15) is 0 Å². The first-order chi connectivity index (χ1) is 5.89. The number of aliphatic hydroxyl groups is 2. The zero-order valence-corrected chi connectivity index (χ0v) is 9.50. The molecule has 0 bridgehead atoms. The van der Waals surface area contributed by atoms with Crippen LogP contribution in [0.3, 0.4) is 0 Å². The monoisotopic (exact) mass is 192 g/mol. The third kappa shape index (κ3) is 14.7. The smallest absolute Gasteiger partial charge is 0.0644 e. The Hall–Kier alpha value is -0.120. The summed E-state index contributed by atoms with van der Waals surface area (Å²) < 4.78 is 5.02. The highest BCUT2D eigenvalue weighted by molar-refractivity contribution is 4.65. The first-order valence-corrected chi connectivity index (χ1v) is 4.66. The van der Waals surface area contributed by atoms with Gasteiger partial charge in [0.15, 0.2) is 0 Å². The zero-order valence-electron chi connectivity index (χ0n) is 9.50. The van der Waals surface area contributed by atoms with Gasteiger partial charge in [0.2, 0.25) is 0 Å². The van der Waals surface area contributed by atoms with E-state index in [9.17, 15) is 0 Å². The van der Waals surface area contributed by atoms with Gasteiger partial charge in [-0.25, -0.2) is 0 Å². The van der Waals surface area contributed by atoms with Gasteiger partial charge in [-0.15, -0.1) is 0 Å². The molecule has 0 fully saturated rings. The van der Waals surface area contributed by atoms with E-state index in [2.05, 4.69) is 0 Å². The van der Waals surface area contributed by atoms with Gasteiger partial charge in [0, 0.05) is 20.3 Å². The summed E-state index contributed by atoms with van der Waals surface area (Å²) >= 11 is 0. The summed E-state index contributed by atoms with van der Waals surface area (Å²) in [5.74, 6) is 0.440. The number of methoxy groups -OCH3 is 1. The largest absolute Gasteiger partial charge is 0.396 e. The first kappa shape index (κ1) is 15.4. The van der Waals surface area contributed by atoms with Crippen molar-refractivity contribution in [2.75, 3.05) is 20.3 Å². The third-order valence-corrected chi connectivity index (χ3v) is 1.63. The number of hydrogen-bond donors (Lipinski definition) is 2. The van der Waals surface area contributed by atoms with E-state index in [1.54, 1.807) is 7.11 Å². The average Bonchev–Trinajstić information content (AvgIpc) is 2.05. The summed E-state index contributed by atoms with van der Waals surface area (Å²) in [7, 11) is 1.65. The van der Waals surface area contributed by atoms with Gasteiger partial charge in [-0.3, -0.25) is 0 Å². The van der Waals surface area contributed by atoms with Gasteiger partial charge in [0.05, 0.1) is 5.60 Å². The number of rotatable bonds is 4. The van der Waals surface area contributed by atoms with Gasteiger partial charge < -0.3 is 14.9 Å². The Bertz CT molecular complexity index is 100. The highest BCUT2D eigenvalue weighted by Crippen LogP contribution is 2.10. The van der Waals surface area contributed by atoms with Crippen molar-refractivity contribution in [1.82, 2.24) is 0 Å². The molecule has 3 nitrogen and oxygen atoms in total. The molecule has 0 aliphatic carbocycles. The van der Waals surface area contributed by atoms with Crippen LogP contribution < -0.4 is 0 Å². The topological polar surface area (TPSA) is 49.7 Å². The molecule has 13 heavy (non-hydrogen) atoms. The summed E-state index contributed by atoms with van der Waals surface area (Å²) in [5.41, 5.74) is -0.158. The predicted octanol–water partition coefficient (Wildman–Crippen LogP) is 1.43. The van der Waals surface area contributed by atoms with E-state index in [0.29, 0.717) is 18.9 Å². The molecule has 2 N–H and O–H groups in total. The molecule has 0 unspecified atom stereocenters. The molecule has 0 atom stereocenters. The molecule has 0 spiro atoms. The maximum Gasteiger partial charge on any atom is 0.0644 e. The minimum absolute atomic E-state index is 0.158. The van der Waals surface area contributed by atoms with Crippen LogP contribution in [0.2, 0.25) is 0 Å². The molecule has 0 rings (SSSR count). The Morgan fingerprint density at radius 3 is 1.69 bits per heavy atom. The summed E-state index contributed by atoms with van der Waals surface area (Å²) in [6, 6.07) is 0. The zero-order chi connectivity index (χ0) is 10.9. The molecule has 0 aromatic heterocycles. The molecule has 0 saturated heterocycles. The minimum Gasteiger partial charge on any atom is -0.396 e. The van der Waals surface area contributed by atoms with Crippen molar-refractivity contribution >= 4 is 0 Å². The van der Waals surface area contributed by atoms with E-state index in [0.717, 1.165) is 0 Å².